The Balaban J connectivity index is 0.940. The molecule has 2 heterocycles. The molecule has 0 bridgehead atoms. The zero-order valence-corrected chi connectivity index (χ0v) is 32.6. The molecule has 2 unspecified atom stereocenters. The monoisotopic (exact) mass is 764 g/mol. The number of ether oxygens (including phenoxy) is 1. The summed E-state index contributed by atoms with van der Waals surface area (Å²) >= 11 is 0. The van der Waals surface area contributed by atoms with Crippen LogP contribution in [0.1, 0.15) is 45.1 Å². The number of hydrogen-bond donors (Lipinski definition) is 4. The predicted octanol–water partition coefficient (Wildman–Crippen LogP) is 11.0. The summed E-state index contributed by atoms with van der Waals surface area (Å²) in [5.74, 6) is 1.74. The van der Waals surface area contributed by atoms with Crippen molar-refractivity contribution in [3.63, 3.8) is 0 Å². The van der Waals surface area contributed by atoms with Crippen LogP contribution in [0.2, 0.25) is 0 Å². The van der Waals surface area contributed by atoms with Crippen LogP contribution in [0.25, 0.3) is 39.5 Å². The Labute approximate surface area is 345 Å². The van der Waals surface area contributed by atoms with Crippen LogP contribution in [-0.4, -0.2) is 12.7 Å². The maximum Gasteiger partial charge on any atom is 0.132 e. The van der Waals surface area contributed by atoms with Gasteiger partial charge < -0.3 is 21.5 Å². The standard InChI is InChI=1S/C54H44N4O/c55-30-12-19-45-32-43-29-28-42(34-49(43)54(45)47-20-7-9-22-50(47)59-51-23-10-8-21-48(51)54)41-18-11-17-40(31-41)37-24-26-39(27-25-37)52(56)58-53-46(38-15-5-2-6-16-38)33-44(35-57-53)36-13-3-1-4-14-36/h1-29,31-35,52-53,57-58H,30,55-56H2/b19-12-. The second-order valence-electron chi connectivity index (χ2n) is 15.3. The van der Waals surface area contributed by atoms with Gasteiger partial charge in [0.05, 0.1) is 11.6 Å². The molecule has 5 nitrogen and oxygen atoms in total. The van der Waals surface area contributed by atoms with Gasteiger partial charge in [-0.3, -0.25) is 5.32 Å². The van der Waals surface area contributed by atoms with Crippen molar-refractivity contribution in [1.82, 2.24) is 10.6 Å². The molecule has 10 rings (SSSR count). The van der Waals surface area contributed by atoms with Gasteiger partial charge in [-0.1, -0.05) is 164 Å². The van der Waals surface area contributed by atoms with Crippen molar-refractivity contribution in [2.24, 2.45) is 11.5 Å². The van der Waals surface area contributed by atoms with Crippen molar-refractivity contribution >= 4 is 17.2 Å². The molecule has 6 N–H and O–H groups in total. The SMILES string of the molecule is NC/C=C\C1=Cc2ccc(-c3cccc(-c4ccc(C(N)NC5NC=C(c6ccccc6)C=C5c5ccccc5)cc4)c3)cc2C12c1ccccc1Oc1ccccc12. The van der Waals surface area contributed by atoms with Crippen LogP contribution in [0, 0.1) is 0 Å². The Morgan fingerprint density at radius 2 is 1.19 bits per heavy atom. The van der Waals surface area contributed by atoms with Gasteiger partial charge in [0.2, 0.25) is 0 Å². The highest BCUT2D eigenvalue weighted by Crippen LogP contribution is 2.59. The molecule has 3 aliphatic rings. The minimum absolute atomic E-state index is 0.172. The molecule has 1 aliphatic carbocycles. The van der Waals surface area contributed by atoms with Crippen molar-refractivity contribution in [2.75, 3.05) is 6.54 Å². The molecule has 0 saturated heterocycles. The van der Waals surface area contributed by atoms with Crippen LogP contribution >= 0.6 is 0 Å². The van der Waals surface area contributed by atoms with Crippen LogP contribution in [0.5, 0.6) is 11.5 Å². The maximum atomic E-state index is 6.88. The number of benzene rings is 7. The molecule has 1 spiro atoms. The van der Waals surface area contributed by atoms with E-state index in [-0.39, 0.29) is 6.17 Å². The fraction of sp³-hybridized carbons (Fsp3) is 0.0741. The first-order valence-corrected chi connectivity index (χ1v) is 20.2. The summed E-state index contributed by atoms with van der Waals surface area (Å²) < 4.78 is 6.52. The lowest BCUT2D eigenvalue weighted by molar-refractivity contribution is 0.436. The first-order valence-electron chi connectivity index (χ1n) is 20.2. The quantitative estimate of drug-likeness (QED) is 0.110. The average Bonchev–Trinajstić information content (AvgIpc) is 3.62. The topological polar surface area (TPSA) is 85.3 Å². The Kier molecular flexibility index (Phi) is 9.47. The van der Waals surface area contributed by atoms with E-state index in [0.717, 1.165) is 72.7 Å². The molecule has 59 heavy (non-hydrogen) atoms. The van der Waals surface area contributed by atoms with Gasteiger partial charge >= 0.3 is 0 Å². The van der Waals surface area contributed by atoms with Crippen molar-refractivity contribution in [2.45, 2.75) is 17.7 Å². The summed E-state index contributed by atoms with van der Waals surface area (Å²) in [6.07, 6.45) is 10.3. The molecule has 0 saturated carbocycles. The Morgan fingerprint density at radius 1 is 0.593 bits per heavy atom. The second kappa shape index (κ2) is 15.4. The lowest BCUT2D eigenvalue weighted by Gasteiger charge is -2.40. The van der Waals surface area contributed by atoms with Crippen molar-refractivity contribution in [1.29, 1.82) is 0 Å². The molecule has 2 atom stereocenters. The van der Waals surface area contributed by atoms with Crippen LogP contribution in [0.15, 0.2) is 206 Å². The van der Waals surface area contributed by atoms with E-state index in [1.165, 1.54) is 16.7 Å². The average molecular weight is 765 g/mol. The van der Waals surface area contributed by atoms with E-state index in [0.29, 0.717) is 6.54 Å². The molecule has 7 aromatic rings. The fourth-order valence-electron chi connectivity index (χ4n) is 8.99. The van der Waals surface area contributed by atoms with Gasteiger partial charge in [0, 0.05) is 23.9 Å². The van der Waals surface area contributed by atoms with Gasteiger partial charge in [0.15, 0.2) is 0 Å². The van der Waals surface area contributed by atoms with E-state index in [4.69, 9.17) is 16.2 Å². The number of para-hydroxylation sites is 2. The molecule has 0 aromatic heterocycles. The van der Waals surface area contributed by atoms with E-state index < -0.39 is 11.6 Å². The number of allylic oxidation sites excluding steroid dienone is 4. The number of nitrogens with two attached hydrogens (primary N) is 2. The third kappa shape index (κ3) is 6.52. The molecular weight excluding hydrogens is 721 g/mol. The zero-order chi connectivity index (χ0) is 39.8. The summed E-state index contributed by atoms with van der Waals surface area (Å²) in [6, 6.07) is 62.0. The summed E-state index contributed by atoms with van der Waals surface area (Å²) in [6.45, 7) is 0.461. The normalized spacial score (nSPS) is 16.5. The van der Waals surface area contributed by atoms with Crippen LogP contribution in [0.4, 0.5) is 0 Å². The predicted molar refractivity (Wildman–Crippen MR) is 242 cm³/mol. The lowest BCUT2D eigenvalue weighted by Crippen LogP contribution is -2.46. The summed E-state index contributed by atoms with van der Waals surface area (Å²) in [4.78, 5) is 0. The van der Waals surface area contributed by atoms with Crippen molar-refractivity contribution in [3.05, 3.63) is 245 Å². The zero-order valence-electron chi connectivity index (χ0n) is 32.6. The Morgan fingerprint density at radius 3 is 1.88 bits per heavy atom. The van der Waals surface area contributed by atoms with Gasteiger partial charge in [0.25, 0.3) is 0 Å². The number of rotatable bonds is 9. The first kappa shape index (κ1) is 36.3. The molecule has 286 valence electrons. The Hall–Kier alpha value is -7.02. The van der Waals surface area contributed by atoms with Crippen molar-refractivity contribution < 1.29 is 4.74 Å². The largest absolute Gasteiger partial charge is 0.457 e. The van der Waals surface area contributed by atoms with E-state index in [9.17, 15) is 0 Å². The molecule has 0 amide bonds. The van der Waals surface area contributed by atoms with Gasteiger partial charge in [-0.2, -0.15) is 0 Å². The highest BCUT2D eigenvalue weighted by molar-refractivity contribution is 5.88. The van der Waals surface area contributed by atoms with Crippen LogP contribution in [-0.2, 0) is 5.41 Å². The molecular formula is C54H44N4O. The van der Waals surface area contributed by atoms with E-state index in [1.54, 1.807) is 0 Å². The fourth-order valence-corrected chi connectivity index (χ4v) is 8.99. The smallest absolute Gasteiger partial charge is 0.132 e. The van der Waals surface area contributed by atoms with Gasteiger partial charge in [-0.25, -0.2) is 0 Å². The minimum atomic E-state index is -0.548. The summed E-state index contributed by atoms with van der Waals surface area (Å²) in [5.41, 5.74) is 28.4. The van der Waals surface area contributed by atoms with Crippen LogP contribution in [0.3, 0.4) is 0 Å². The number of dihydropyridines is 1. The molecule has 5 heteroatoms. The number of fused-ring (bicyclic) bond motifs is 6. The van der Waals surface area contributed by atoms with Crippen LogP contribution < -0.4 is 26.8 Å². The van der Waals surface area contributed by atoms with E-state index in [1.807, 2.05) is 30.3 Å². The Bertz CT molecular complexity index is 2760. The molecule has 2 aliphatic heterocycles. The van der Waals surface area contributed by atoms with Gasteiger partial charge in [0.1, 0.15) is 17.7 Å². The van der Waals surface area contributed by atoms with E-state index in [2.05, 4.69) is 187 Å². The molecule has 0 fully saturated rings. The molecule has 7 aromatic carbocycles. The summed E-state index contributed by atoms with van der Waals surface area (Å²) in [7, 11) is 0. The number of nitrogens with one attached hydrogen (secondary N) is 2. The highest BCUT2D eigenvalue weighted by Gasteiger charge is 2.49. The molecule has 0 radical (unpaired) electrons. The van der Waals surface area contributed by atoms with Crippen molar-refractivity contribution in [3.8, 4) is 33.8 Å². The third-order valence-corrected chi connectivity index (χ3v) is 11.8. The highest BCUT2D eigenvalue weighted by atomic mass is 16.5. The third-order valence-electron chi connectivity index (χ3n) is 11.8. The van der Waals surface area contributed by atoms with E-state index >= 15 is 0 Å². The van der Waals surface area contributed by atoms with Gasteiger partial charge in [-0.05, 0) is 103 Å². The summed E-state index contributed by atoms with van der Waals surface area (Å²) in [5, 5.41) is 7.24. The minimum Gasteiger partial charge on any atom is -0.457 e. The van der Waals surface area contributed by atoms with Gasteiger partial charge in [-0.15, -0.1) is 0 Å². The maximum absolute atomic E-state index is 6.88. The first-order chi connectivity index (χ1) is 29.1. The lowest BCUT2D eigenvalue weighted by atomic mass is 9.65. The number of hydrogen-bond acceptors (Lipinski definition) is 5. The second-order valence-corrected chi connectivity index (χ2v) is 15.3.